The first-order chi connectivity index (χ1) is 5.75. The summed E-state index contributed by atoms with van der Waals surface area (Å²) >= 11 is 0. The minimum atomic E-state index is -0.475. The van der Waals surface area contributed by atoms with Gasteiger partial charge in [0.2, 0.25) is 0 Å². The Hall–Kier alpha value is -0.860. The van der Waals surface area contributed by atoms with E-state index in [4.69, 9.17) is 4.74 Å². The van der Waals surface area contributed by atoms with Gasteiger partial charge in [-0.15, -0.1) is 0 Å². The molecule has 0 aliphatic carbocycles. The highest BCUT2D eigenvalue weighted by molar-refractivity contribution is 5.18. The SMILES string of the molecule is CO[C@H](c1ccccc1)[C@H](C)O. The van der Waals surface area contributed by atoms with Crippen molar-refractivity contribution < 1.29 is 9.84 Å². The van der Waals surface area contributed by atoms with E-state index in [9.17, 15) is 5.11 Å². The number of aliphatic hydroxyl groups is 1. The molecule has 0 spiro atoms. The van der Waals surface area contributed by atoms with Crippen LogP contribution in [0.3, 0.4) is 0 Å². The van der Waals surface area contributed by atoms with Crippen molar-refractivity contribution in [1.29, 1.82) is 0 Å². The first-order valence-electron chi connectivity index (χ1n) is 4.01. The second-order valence-corrected chi connectivity index (χ2v) is 2.81. The maximum Gasteiger partial charge on any atom is 0.108 e. The molecule has 2 nitrogen and oxygen atoms in total. The van der Waals surface area contributed by atoms with Gasteiger partial charge in [0.05, 0.1) is 6.10 Å². The van der Waals surface area contributed by atoms with Gasteiger partial charge in [0.15, 0.2) is 0 Å². The van der Waals surface area contributed by atoms with Gasteiger partial charge in [-0.1, -0.05) is 30.3 Å². The summed E-state index contributed by atoms with van der Waals surface area (Å²) in [5.41, 5.74) is 1.01. The van der Waals surface area contributed by atoms with Crippen LogP contribution in [-0.4, -0.2) is 18.3 Å². The summed E-state index contributed by atoms with van der Waals surface area (Å²) < 4.78 is 5.15. The van der Waals surface area contributed by atoms with E-state index in [0.717, 1.165) is 5.56 Å². The van der Waals surface area contributed by atoms with Crippen LogP contribution in [0.2, 0.25) is 0 Å². The Balaban J connectivity index is 2.80. The number of benzene rings is 1. The Labute approximate surface area is 72.8 Å². The molecule has 0 saturated carbocycles. The largest absolute Gasteiger partial charge is 0.390 e. The lowest BCUT2D eigenvalue weighted by atomic mass is 10.1. The van der Waals surface area contributed by atoms with Crippen molar-refractivity contribution in [3.8, 4) is 0 Å². The van der Waals surface area contributed by atoms with E-state index in [2.05, 4.69) is 0 Å². The van der Waals surface area contributed by atoms with Crippen molar-refractivity contribution in [2.24, 2.45) is 0 Å². The third-order valence-electron chi connectivity index (χ3n) is 1.82. The van der Waals surface area contributed by atoms with Crippen molar-refractivity contribution in [3.63, 3.8) is 0 Å². The third kappa shape index (κ3) is 2.06. The van der Waals surface area contributed by atoms with Gasteiger partial charge in [-0.2, -0.15) is 0 Å². The first kappa shape index (κ1) is 9.23. The fraction of sp³-hybridized carbons (Fsp3) is 0.400. The Morgan fingerprint density at radius 2 is 1.83 bits per heavy atom. The van der Waals surface area contributed by atoms with E-state index in [1.807, 2.05) is 30.3 Å². The van der Waals surface area contributed by atoms with E-state index in [-0.39, 0.29) is 6.10 Å². The highest BCUT2D eigenvalue weighted by atomic mass is 16.5. The quantitative estimate of drug-likeness (QED) is 0.741. The van der Waals surface area contributed by atoms with E-state index in [1.165, 1.54) is 0 Å². The Bertz CT molecular complexity index is 219. The fourth-order valence-corrected chi connectivity index (χ4v) is 1.25. The molecular weight excluding hydrogens is 152 g/mol. The summed E-state index contributed by atoms with van der Waals surface area (Å²) in [6.45, 7) is 1.72. The molecule has 0 aliphatic heterocycles. The summed E-state index contributed by atoms with van der Waals surface area (Å²) in [5.74, 6) is 0. The lowest BCUT2D eigenvalue weighted by Gasteiger charge is -2.18. The van der Waals surface area contributed by atoms with Crippen LogP contribution >= 0.6 is 0 Å². The molecule has 1 N–H and O–H groups in total. The second-order valence-electron chi connectivity index (χ2n) is 2.81. The van der Waals surface area contributed by atoms with Crippen molar-refractivity contribution in [2.45, 2.75) is 19.1 Å². The zero-order chi connectivity index (χ0) is 8.97. The highest BCUT2D eigenvalue weighted by Gasteiger charge is 2.15. The topological polar surface area (TPSA) is 29.5 Å². The molecule has 0 amide bonds. The van der Waals surface area contributed by atoms with Crippen LogP contribution in [0, 0.1) is 0 Å². The smallest absolute Gasteiger partial charge is 0.108 e. The number of hydrogen-bond acceptors (Lipinski definition) is 2. The maximum absolute atomic E-state index is 9.34. The van der Waals surface area contributed by atoms with E-state index in [0.29, 0.717) is 0 Å². The van der Waals surface area contributed by atoms with Crippen molar-refractivity contribution in [1.82, 2.24) is 0 Å². The van der Waals surface area contributed by atoms with Gasteiger partial charge in [0, 0.05) is 7.11 Å². The molecule has 0 heterocycles. The molecule has 2 atom stereocenters. The normalized spacial score (nSPS) is 15.6. The lowest BCUT2D eigenvalue weighted by molar-refractivity contribution is -0.00347. The number of methoxy groups -OCH3 is 1. The van der Waals surface area contributed by atoms with Gasteiger partial charge in [0.1, 0.15) is 6.10 Å². The first-order valence-corrected chi connectivity index (χ1v) is 4.01. The van der Waals surface area contributed by atoms with Gasteiger partial charge in [-0.3, -0.25) is 0 Å². The summed E-state index contributed by atoms with van der Waals surface area (Å²) in [6, 6.07) is 9.70. The Morgan fingerprint density at radius 3 is 2.25 bits per heavy atom. The van der Waals surface area contributed by atoms with Crippen LogP contribution in [0.15, 0.2) is 30.3 Å². The number of hydrogen-bond donors (Lipinski definition) is 1. The predicted octanol–water partition coefficient (Wildman–Crippen LogP) is 1.75. The van der Waals surface area contributed by atoms with Crippen LogP contribution in [0.5, 0.6) is 0 Å². The molecule has 1 rings (SSSR count). The van der Waals surface area contributed by atoms with Crippen LogP contribution in [0.1, 0.15) is 18.6 Å². The van der Waals surface area contributed by atoms with Crippen LogP contribution in [-0.2, 0) is 4.74 Å². The molecular formula is C10H14O2. The van der Waals surface area contributed by atoms with Crippen molar-refractivity contribution in [2.75, 3.05) is 7.11 Å². The zero-order valence-electron chi connectivity index (χ0n) is 7.40. The summed E-state index contributed by atoms with van der Waals surface area (Å²) in [7, 11) is 1.60. The number of ether oxygens (including phenoxy) is 1. The Kier molecular flexibility index (Phi) is 3.26. The summed E-state index contributed by atoms with van der Waals surface area (Å²) in [6.07, 6.45) is -0.691. The molecule has 2 heteroatoms. The molecule has 0 aliphatic rings. The summed E-state index contributed by atoms with van der Waals surface area (Å²) in [5, 5.41) is 9.34. The van der Waals surface area contributed by atoms with Gasteiger partial charge >= 0.3 is 0 Å². The van der Waals surface area contributed by atoms with Crippen LogP contribution in [0.4, 0.5) is 0 Å². The average molecular weight is 166 g/mol. The zero-order valence-corrected chi connectivity index (χ0v) is 7.40. The standard InChI is InChI=1S/C10H14O2/c1-8(11)10(12-2)9-6-4-3-5-7-9/h3-8,10-11H,1-2H3/t8-,10-/m0/s1. The Morgan fingerprint density at radius 1 is 1.25 bits per heavy atom. The molecule has 0 saturated heterocycles. The van der Waals surface area contributed by atoms with Crippen molar-refractivity contribution in [3.05, 3.63) is 35.9 Å². The summed E-state index contributed by atoms with van der Waals surface area (Å²) in [4.78, 5) is 0. The molecule has 0 aromatic heterocycles. The number of rotatable bonds is 3. The molecule has 1 aromatic carbocycles. The van der Waals surface area contributed by atoms with E-state index >= 15 is 0 Å². The third-order valence-corrected chi connectivity index (χ3v) is 1.82. The minimum Gasteiger partial charge on any atom is -0.390 e. The van der Waals surface area contributed by atoms with Crippen LogP contribution in [0.25, 0.3) is 0 Å². The van der Waals surface area contributed by atoms with Crippen molar-refractivity contribution >= 4 is 0 Å². The monoisotopic (exact) mass is 166 g/mol. The maximum atomic E-state index is 9.34. The molecule has 12 heavy (non-hydrogen) atoms. The van der Waals surface area contributed by atoms with Gasteiger partial charge in [-0.05, 0) is 12.5 Å². The molecule has 66 valence electrons. The molecule has 0 fully saturated rings. The molecule has 0 unspecified atom stereocenters. The fourth-order valence-electron chi connectivity index (χ4n) is 1.25. The molecule has 1 aromatic rings. The average Bonchev–Trinajstić information content (AvgIpc) is 2.07. The lowest BCUT2D eigenvalue weighted by Crippen LogP contribution is -2.16. The van der Waals surface area contributed by atoms with E-state index < -0.39 is 6.10 Å². The van der Waals surface area contributed by atoms with Gasteiger partial charge in [-0.25, -0.2) is 0 Å². The van der Waals surface area contributed by atoms with Gasteiger partial charge < -0.3 is 9.84 Å². The number of aliphatic hydroxyl groups excluding tert-OH is 1. The minimum absolute atomic E-state index is 0.216. The second kappa shape index (κ2) is 4.24. The predicted molar refractivity (Wildman–Crippen MR) is 47.9 cm³/mol. The molecule has 0 bridgehead atoms. The highest BCUT2D eigenvalue weighted by Crippen LogP contribution is 2.19. The van der Waals surface area contributed by atoms with Gasteiger partial charge in [0.25, 0.3) is 0 Å². The van der Waals surface area contributed by atoms with Crippen LogP contribution < -0.4 is 0 Å². The molecule has 0 radical (unpaired) electrons. The van der Waals surface area contributed by atoms with E-state index in [1.54, 1.807) is 14.0 Å².